The van der Waals surface area contributed by atoms with Gasteiger partial charge < -0.3 is 14.5 Å². The second-order valence-corrected chi connectivity index (χ2v) is 6.94. The number of methoxy groups -OCH3 is 1. The molecular formula is C19H28N2O2. The molecule has 1 aromatic carbocycles. The summed E-state index contributed by atoms with van der Waals surface area (Å²) in [4.78, 5) is 16.7. The van der Waals surface area contributed by atoms with E-state index in [9.17, 15) is 4.79 Å². The van der Waals surface area contributed by atoms with Crippen molar-refractivity contribution in [1.29, 1.82) is 0 Å². The van der Waals surface area contributed by atoms with Crippen LogP contribution in [0.2, 0.25) is 0 Å². The predicted molar refractivity (Wildman–Crippen MR) is 91.6 cm³/mol. The first-order chi connectivity index (χ1) is 11.2. The molecule has 0 radical (unpaired) electrons. The highest BCUT2D eigenvalue weighted by Gasteiger charge is 2.33. The molecule has 0 saturated carbocycles. The van der Waals surface area contributed by atoms with Gasteiger partial charge in [-0.15, -0.1) is 0 Å². The topological polar surface area (TPSA) is 32.8 Å². The van der Waals surface area contributed by atoms with E-state index < -0.39 is 0 Å². The van der Waals surface area contributed by atoms with Crippen LogP contribution in [0.4, 0.5) is 4.79 Å². The molecule has 126 valence electrons. The van der Waals surface area contributed by atoms with Gasteiger partial charge in [0.1, 0.15) is 0 Å². The van der Waals surface area contributed by atoms with E-state index in [1.807, 2.05) is 9.80 Å². The Morgan fingerprint density at radius 1 is 1.22 bits per heavy atom. The van der Waals surface area contributed by atoms with Crippen molar-refractivity contribution >= 4 is 6.03 Å². The Morgan fingerprint density at radius 3 is 2.70 bits per heavy atom. The summed E-state index contributed by atoms with van der Waals surface area (Å²) < 4.78 is 5.71. The monoisotopic (exact) mass is 316 g/mol. The van der Waals surface area contributed by atoms with Gasteiger partial charge >= 0.3 is 6.03 Å². The van der Waals surface area contributed by atoms with Gasteiger partial charge in [-0.2, -0.15) is 0 Å². The van der Waals surface area contributed by atoms with Crippen LogP contribution in [-0.4, -0.2) is 55.2 Å². The molecule has 2 atom stereocenters. The maximum atomic E-state index is 12.7. The molecule has 0 N–H and O–H groups in total. The number of ether oxygens (including phenoxy) is 1. The zero-order valence-corrected chi connectivity index (χ0v) is 14.3. The standard InChI is InChI=1S/C19H28N2O2/c1-15-6-5-7-16(12-15)13-17-14-21(11-8-18(17)23-2)19(22)20-9-3-4-10-20/h5-7,12,17-18H,3-4,8-11,13-14H2,1-2H3/t17-,18+/m0/s1. The van der Waals surface area contributed by atoms with Gasteiger partial charge in [0, 0.05) is 39.2 Å². The molecule has 2 fully saturated rings. The minimum atomic E-state index is 0.228. The van der Waals surface area contributed by atoms with Crippen LogP contribution in [0.5, 0.6) is 0 Å². The molecule has 0 spiro atoms. The summed E-state index contributed by atoms with van der Waals surface area (Å²) in [6, 6.07) is 8.89. The zero-order chi connectivity index (χ0) is 16.2. The van der Waals surface area contributed by atoms with Crippen LogP contribution in [0.25, 0.3) is 0 Å². The molecule has 1 aromatic rings. The minimum absolute atomic E-state index is 0.228. The Morgan fingerprint density at radius 2 is 2.00 bits per heavy atom. The molecule has 0 aromatic heterocycles. The zero-order valence-electron chi connectivity index (χ0n) is 14.3. The quantitative estimate of drug-likeness (QED) is 0.858. The summed E-state index contributed by atoms with van der Waals surface area (Å²) in [7, 11) is 1.80. The molecule has 3 rings (SSSR count). The number of carbonyl (C=O) groups excluding carboxylic acids is 1. The van der Waals surface area contributed by atoms with Crippen molar-refractivity contribution in [2.24, 2.45) is 5.92 Å². The highest BCUT2D eigenvalue weighted by atomic mass is 16.5. The lowest BCUT2D eigenvalue weighted by atomic mass is 9.88. The molecule has 0 aliphatic carbocycles. The van der Waals surface area contributed by atoms with E-state index in [0.717, 1.165) is 51.9 Å². The SMILES string of the molecule is CO[C@@H]1CCN(C(=O)N2CCCC2)C[C@@H]1Cc1cccc(C)c1. The Labute approximate surface area is 139 Å². The van der Waals surface area contributed by atoms with E-state index in [1.165, 1.54) is 11.1 Å². The second kappa shape index (κ2) is 7.35. The molecule has 2 heterocycles. The lowest BCUT2D eigenvalue weighted by molar-refractivity contribution is 0.000635. The maximum absolute atomic E-state index is 12.7. The third-order valence-corrected chi connectivity index (χ3v) is 5.19. The van der Waals surface area contributed by atoms with Crippen molar-refractivity contribution in [2.75, 3.05) is 33.3 Å². The largest absolute Gasteiger partial charge is 0.381 e. The highest BCUT2D eigenvalue weighted by Crippen LogP contribution is 2.25. The molecule has 2 saturated heterocycles. The lowest BCUT2D eigenvalue weighted by Gasteiger charge is -2.39. The van der Waals surface area contributed by atoms with Crippen LogP contribution in [0.15, 0.2) is 24.3 Å². The van der Waals surface area contributed by atoms with Gasteiger partial charge in [0.2, 0.25) is 0 Å². The minimum Gasteiger partial charge on any atom is -0.381 e. The number of urea groups is 1. The maximum Gasteiger partial charge on any atom is 0.320 e. The molecule has 4 heteroatoms. The van der Waals surface area contributed by atoms with Crippen LogP contribution in [0, 0.1) is 12.8 Å². The third-order valence-electron chi connectivity index (χ3n) is 5.19. The Balaban J connectivity index is 1.67. The van der Waals surface area contributed by atoms with Gasteiger partial charge in [0.05, 0.1) is 6.10 Å². The van der Waals surface area contributed by atoms with Crippen molar-refractivity contribution in [1.82, 2.24) is 9.80 Å². The van der Waals surface area contributed by atoms with E-state index in [4.69, 9.17) is 4.74 Å². The fraction of sp³-hybridized carbons (Fsp3) is 0.632. The average molecular weight is 316 g/mol. The first-order valence-electron chi connectivity index (χ1n) is 8.79. The van der Waals surface area contributed by atoms with E-state index in [2.05, 4.69) is 31.2 Å². The summed E-state index contributed by atoms with van der Waals surface area (Å²) in [5.74, 6) is 0.377. The number of benzene rings is 1. The average Bonchev–Trinajstić information content (AvgIpc) is 3.08. The van der Waals surface area contributed by atoms with Crippen molar-refractivity contribution in [3.05, 3.63) is 35.4 Å². The Hall–Kier alpha value is -1.55. The van der Waals surface area contributed by atoms with Gasteiger partial charge in [-0.05, 0) is 38.2 Å². The third kappa shape index (κ3) is 3.86. The number of hydrogen-bond donors (Lipinski definition) is 0. The number of piperidine rings is 1. The fourth-order valence-corrected chi connectivity index (χ4v) is 3.94. The molecule has 0 unspecified atom stereocenters. The molecule has 0 bridgehead atoms. The first-order valence-corrected chi connectivity index (χ1v) is 8.79. The molecule has 2 amide bonds. The van der Waals surface area contributed by atoms with E-state index in [0.29, 0.717) is 5.92 Å². The number of rotatable bonds is 3. The first kappa shape index (κ1) is 16.3. The Kier molecular flexibility index (Phi) is 5.21. The van der Waals surface area contributed by atoms with Crippen molar-refractivity contribution in [2.45, 2.75) is 38.7 Å². The van der Waals surface area contributed by atoms with Crippen molar-refractivity contribution < 1.29 is 9.53 Å². The normalized spacial score (nSPS) is 25.0. The van der Waals surface area contributed by atoms with Gasteiger partial charge in [-0.3, -0.25) is 0 Å². The van der Waals surface area contributed by atoms with Gasteiger partial charge in [0.15, 0.2) is 0 Å². The molecule has 23 heavy (non-hydrogen) atoms. The lowest BCUT2D eigenvalue weighted by Crippen LogP contribution is -2.51. The number of carbonyl (C=O) groups is 1. The van der Waals surface area contributed by atoms with Crippen LogP contribution in [-0.2, 0) is 11.2 Å². The summed E-state index contributed by atoms with van der Waals surface area (Å²) >= 11 is 0. The predicted octanol–water partition coefficient (Wildman–Crippen LogP) is 3.09. The van der Waals surface area contributed by atoms with Crippen LogP contribution < -0.4 is 0 Å². The van der Waals surface area contributed by atoms with Crippen LogP contribution in [0.1, 0.15) is 30.4 Å². The van der Waals surface area contributed by atoms with Crippen LogP contribution >= 0.6 is 0 Å². The Bertz CT molecular complexity index is 540. The second-order valence-electron chi connectivity index (χ2n) is 6.94. The fourth-order valence-electron chi connectivity index (χ4n) is 3.94. The smallest absolute Gasteiger partial charge is 0.320 e. The summed E-state index contributed by atoms with van der Waals surface area (Å²) in [6.07, 6.45) is 4.45. The van der Waals surface area contributed by atoms with E-state index >= 15 is 0 Å². The van der Waals surface area contributed by atoms with E-state index in [-0.39, 0.29) is 12.1 Å². The number of amides is 2. The van der Waals surface area contributed by atoms with Gasteiger partial charge in [-0.1, -0.05) is 29.8 Å². The molecule has 2 aliphatic rings. The number of nitrogens with zero attached hydrogens (tertiary/aromatic N) is 2. The molecule has 4 nitrogen and oxygen atoms in total. The number of aryl methyl sites for hydroxylation is 1. The molecular weight excluding hydrogens is 288 g/mol. The van der Waals surface area contributed by atoms with Crippen LogP contribution in [0.3, 0.4) is 0 Å². The number of hydrogen-bond acceptors (Lipinski definition) is 2. The molecule has 2 aliphatic heterocycles. The number of likely N-dealkylation sites (tertiary alicyclic amines) is 2. The highest BCUT2D eigenvalue weighted by molar-refractivity contribution is 5.74. The summed E-state index contributed by atoms with van der Waals surface area (Å²) in [5, 5.41) is 0. The summed E-state index contributed by atoms with van der Waals surface area (Å²) in [5.41, 5.74) is 2.63. The summed E-state index contributed by atoms with van der Waals surface area (Å²) in [6.45, 7) is 5.60. The van der Waals surface area contributed by atoms with Crippen molar-refractivity contribution in [3.8, 4) is 0 Å². The van der Waals surface area contributed by atoms with Gasteiger partial charge in [-0.25, -0.2) is 4.79 Å². The van der Waals surface area contributed by atoms with Gasteiger partial charge in [0.25, 0.3) is 0 Å². The van der Waals surface area contributed by atoms with Crippen molar-refractivity contribution in [3.63, 3.8) is 0 Å². The van der Waals surface area contributed by atoms with E-state index in [1.54, 1.807) is 7.11 Å².